The molecule has 4 aromatic rings. The zero-order valence-corrected chi connectivity index (χ0v) is 14.2. The number of fused-ring (bicyclic) bond motifs is 1. The highest BCUT2D eigenvalue weighted by molar-refractivity contribution is 5.84. The van der Waals surface area contributed by atoms with Crippen LogP contribution in [0.2, 0.25) is 0 Å². The predicted octanol–water partition coefficient (Wildman–Crippen LogP) is 5.05. The zero-order valence-electron chi connectivity index (χ0n) is 14.2. The second kappa shape index (κ2) is 6.91. The highest BCUT2D eigenvalue weighted by atomic mass is 19.4. The Bertz CT molecular complexity index is 1140. The molecule has 2 aromatic heterocycles. The van der Waals surface area contributed by atoms with E-state index in [1.807, 2.05) is 24.3 Å². The monoisotopic (exact) mass is 388 g/mol. The third-order valence-electron chi connectivity index (χ3n) is 4.08. The summed E-state index contributed by atoms with van der Waals surface area (Å²) in [5, 5.41) is 8.38. The summed E-state index contributed by atoms with van der Waals surface area (Å²) in [6.07, 6.45) is -1.32. The van der Waals surface area contributed by atoms with Gasteiger partial charge in [-0.3, -0.25) is 4.98 Å². The largest absolute Gasteiger partial charge is 0.471 e. The van der Waals surface area contributed by atoms with Gasteiger partial charge in [-0.25, -0.2) is 4.39 Å². The highest BCUT2D eigenvalue weighted by Gasteiger charge is 2.38. The van der Waals surface area contributed by atoms with Crippen molar-refractivity contribution < 1.29 is 22.1 Å². The first-order chi connectivity index (χ1) is 13.4. The Labute approximate surface area is 156 Å². The van der Waals surface area contributed by atoms with Crippen LogP contribution in [0, 0.1) is 5.82 Å². The van der Waals surface area contributed by atoms with E-state index in [-0.39, 0.29) is 5.56 Å². The number of alkyl halides is 3. The third-order valence-corrected chi connectivity index (χ3v) is 4.08. The third kappa shape index (κ3) is 3.64. The number of rotatable bonds is 4. The van der Waals surface area contributed by atoms with Gasteiger partial charge in [0, 0.05) is 30.0 Å². The molecule has 0 aliphatic carbocycles. The van der Waals surface area contributed by atoms with Gasteiger partial charge in [0.15, 0.2) is 0 Å². The van der Waals surface area contributed by atoms with E-state index in [1.165, 1.54) is 12.1 Å². The minimum Gasteiger partial charge on any atom is -0.381 e. The summed E-state index contributed by atoms with van der Waals surface area (Å²) in [5.41, 5.74) is 1.27. The number of halogens is 4. The van der Waals surface area contributed by atoms with E-state index in [0.29, 0.717) is 12.1 Å². The summed E-state index contributed by atoms with van der Waals surface area (Å²) in [7, 11) is 0. The topological polar surface area (TPSA) is 63.8 Å². The van der Waals surface area contributed by atoms with Gasteiger partial charge in [-0.05, 0) is 41.3 Å². The van der Waals surface area contributed by atoms with Crippen LogP contribution in [0.4, 0.5) is 23.2 Å². The number of nitrogens with zero attached hydrogens (tertiary/aromatic N) is 3. The first kappa shape index (κ1) is 17.9. The van der Waals surface area contributed by atoms with Gasteiger partial charge in [-0.15, -0.1) is 0 Å². The van der Waals surface area contributed by atoms with Gasteiger partial charge < -0.3 is 9.84 Å². The van der Waals surface area contributed by atoms with Crippen LogP contribution >= 0.6 is 0 Å². The molecule has 2 heterocycles. The normalized spacial score (nSPS) is 11.7. The molecule has 0 amide bonds. The molecule has 4 rings (SSSR count). The van der Waals surface area contributed by atoms with E-state index < -0.39 is 23.7 Å². The number of hydrogen-bond acceptors (Lipinski definition) is 5. The van der Waals surface area contributed by atoms with Gasteiger partial charge in [0.25, 0.3) is 0 Å². The summed E-state index contributed by atoms with van der Waals surface area (Å²) in [6, 6.07) is 11.8. The van der Waals surface area contributed by atoms with Crippen LogP contribution in [0.5, 0.6) is 0 Å². The van der Waals surface area contributed by atoms with E-state index in [2.05, 4.69) is 25.0 Å². The van der Waals surface area contributed by atoms with Crippen LogP contribution in [0.1, 0.15) is 11.5 Å². The van der Waals surface area contributed by atoms with Gasteiger partial charge in [0.1, 0.15) is 5.82 Å². The van der Waals surface area contributed by atoms with Gasteiger partial charge in [-0.1, -0.05) is 17.3 Å². The van der Waals surface area contributed by atoms with Crippen LogP contribution in [0.3, 0.4) is 0 Å². The second-order valence-corrected chi connectivity index (χ2v) is 6.03. The fourth-order valence-electron chi connectivity index (χ4n) is 2.70. The average Bonchev–Trinajstić information content (AvgIpc) is 3.16. The lowest BCUT2D eigenvalue weighted by molar-refractivity contribution is -0.159. The van der Waals surface area contributed by atoms with Crippen molar-refractivity contribution in [2.45, 2.75) is 12.7 Å². The first-order valence-electron chi connectivity index (χ1n) is 8.17. The van der Waals surface area contributed by atoms with Crippen molar-refractivity contribution in [3.8, 4) is 11.4 Å². The minimum absolute atomic E-state index is 0.167. The molecule has 0 unspecified atom stereocenters. The van der Waals surface area contributed by atoms with E-state index in [4.69, 9.17) is 0 Å². The number of pyridine rings is 1. The number of hydrogen-bond donors (Lipinski definition) is 1. The molecular weight excluding hydrogens is 376 g/mol. The molecule has 2 aromatic carbocycles. The van der Waals surface area contributed by atoms with Crippen molar-refractivity contribution >= 4 is 16.5 Å². The molecule has 28 heavy (non-hydrogen) atoms. The van der Waals surface area contributed by atoms with Crippen molar-refractivity contribution in [2.24, 2.45) is 0 Å². The second-order valence-electron chi connectivity index (χ2n) is 6.03. The molecular formula is C19H12F4N4O. The maximum atomic E-state index is 14.3. The van der Waals surface area contributed by atoms with Gasteiger partial charge in [0.2, 0.25) is 5.82 Å². The smallest absolute Gasteiger partial charge is 0.381 e. The number of aromatic nitrogens is 3. The van der Waals surface area contributed by atoms with Crippen LogP contribution in [-0.4, -0.2) is 15.1 Å². The summed E-state index contributed by atoms with van der Waals surface area (Å²) in [4.78, 5) is 7.27. The van der Waals surface area contributed by atoms with Crippen molar-refractivity contribution in [1.82, 2.24) is 15.1 Å². The Morgan fingerprint density at radius 2 is 1.86 bits per heavy atom. The first-order valence-corrected chi connectivity index (χ1v) is 8.17. The maximum absolute atomic E-state index is 14.3. The van der Waals surface area contributed by atoms with E-state index in [0.717, 1.165) is 16.5 Å². The Morgan fingerprint density at radius 1 is 1.00 bits per heavy atom. The lowest BCUT2D eigenvalue weighted by Gasteiger charge is -2.09. The molecule has 5 nitrogen and oxygen atoms in total. The molecule has 0 aliphatic rings. The van der Waals surface area contributed by atoms with Crippen LogP contribution in [-0.2, 0) is 12.7 Å². The van der Waals surface area contributed by atoms with Crippen LogP contribution in [0.25, 0.3) is 22.2 Å². The number of nitrogens with one attached hydrogen (secondary N) is 1. The van der Waals surface area contributed by atoms with Gasteiger partial charge >= 0.3 is 12.1 Å². The Hall–Kier alpha value is -3.49. The number of benzene rings is 2. The molecule has 9 heteroatoms. The molecule has 0 fully saturated rings. The van der Waals surface area contributed by atoms with Gasteiger partial charge in [-0.2, -0.15) is 18.2 Å². The Morgan fingerprint density at radius 3 is 2.61 bits per heavy atom. The summed E-state index contributed by atoms with van der Waals surface area (Å²) in [6.45, 7) is 0.322. The molecule has 0 saturated carbocycles. The Kier molecular flexibility index (Phi) is 4.42. The van der Waals surface area contributed by atoms with E-state index >= 15 is 0 Å². The molecule has 1 N–H and O–H groups in total. The van der Waals surface area contributed by atoms with Crippen molar-refractivity contribution in [1.29, 1.82) is 0 Å². The van der Waals surface area contributed by atoms with Crippen molar-refractivity contribution in [3.05, 3.63) is 72.1 Å². The lowest BCUT2D eigenvalue weighted by atomic mass is 10.1. The lowest BCUT2D eigenvalue weighted by Crippen LogP contribution is -2.05. The molecule has 0 spiro atoms. The van der Waals surface area contributed by atoms with Crippen molar-refractivity contribution in [2.75, 3.05) is 5.32 Å². The van der Waals surface area contributed by atoms with Crippen molar-refractivity contribution in [3.63, 3.8) is 0 Å². The summed E-state index contributed by atoms with van der Waals surface area (Å²) >= 11 is 0. The SMILES string of the molecule is Fc1cc(CNc2ccc3ccncc3c2)ccc1-c1noc(C(F)(F)F)n1. The summed E-state index contributed by atoms with van der Waals surface area (Å²) < 4.78 is 56.1. The fourth-order valence-corrected chi connectivity index (χ4v) is 2.70. The molecule has 0 atom stereocenters. The minimum atomic E-state index is -4.78. The van der Waals surface area contributed by atoms with E-state index in [1.54, 1.807) is 18.5 Å². The predicted molar refractivity (Wildman–Crippen MR) is 93.8 cm³/mol. The fraction of sp³-hybridized carbons (Fsp3) is 0.105. The highest BCUT2D eigenvalue weighted by Crippen LogP contribution is 2.30. The van der Waals surface area contributed by atoms with Crippen LogP contribution in [0.15, 0.2) is 59.4 Å². The average molecular weight is 388 g/mol. The molecule has 0 saturated heterocycles. The molecule has 0 aliphatic heterocycles. The van der Waals surface area contributed by atoms with Gasteiger partial charge in [0.05, 0.1) is 5.56 Å². The molecule has 142 valence electrons. The standard InChI is InChI=1S/C19H12F4N4O/c20-16-7-11(1-4-15(16)17-26-18(28-27-17)19(21,22)23)9-25-14-3-2-12-5-6-24-10-13(12)8-14/h1-8,10,25H,9H2. The maximum Gasteiger partial charge on any atom is 0.471 e. The molecule has 0 radical (unpaired) electrons. The van der Waals surface area contributed by atoms with E-state index in [9.17, 15) is 17.6 Å². The molecule has 0 bridgehead atoms. The zero-order chi connectivity index (χ0) is 19.7. The summed E-state index contributed by atoms with van der Waals surface area (Å²) in [5.74, 6) is -2.71. The number of anilines is 1. The van der Waals surface area contributed by atoms with Crippen LogP contribution < -0.4 is 5.32 Å². The Balaban J connectivity index is 1.50. The quantitative estimate of drug-likeness (QED) is 0.496.